The number of urea groups is 1. The molecule has 1 atom stereocenters. The summed E-state index contributed by atoms with van der Waals surface area (Å²) in [7, 11) is 1.49. The van der Waals surface area contributed by atoms with Gasteiger partial charge in [-0.2, -0.15) is 0 Å². The molecule has 2 N–H and O–H groups in total. The Morgan fingerprint density at radius 1 is 1.45 bits per heavy atom. The van der Waals surface area contributed by atoms with Gasteiger partial charge in [0.15, 0.2) is 0 Å². The van der Waals surface area contributed by atoms with Gasteiger partial charge >= 0.3 is 12.0 Å². The largest absolute Gasteiger partial charge is 0.481 e. The van der Waals surface area contributed by atoms with Crippen LogP contribution in [0.5, 0.6) is 0 Å². The lowest BCUT2D eigenvalue weighted by atomic mass is 10.1. The fourth-order valence-electron chi connectivity index (χ4n) is 1.70. The fraction of sp³-hybridized carbons (Fsp3) is 0.429. The Morgan fingerprint density at radius 2 is 2.10 bits per heavy atom. The highest BCUT2D eigenvalue weighted by molar-refractivity contribution is 5.89. The second kappa shape index (κ2) is 6.88. The maximum atomic E-state index is 13.6. The van der Waals surface area contributed by atoms with E-state index in [2.05, 4.69) is 5.32 Å². The van der Waals surface area contributed by atoms with Gasteiger partial charge in [0.2, 0.25) is 0 Å². The van der Waals surface area contributed by atoms with Crippen molar-refractivity contribution >= 4 is 17.7 Å². The topological polar surface area (TPSA) is 69.6 Å². The first-order valence-electron chi connectivity index (χ1n) is 6.38. The second-order valence-corrected chi connectivity index (χ2v) is 4.71. The van der Waals surface area contributed by atoms with Crippen molar-refractivity contribution in [2.45, 2.75) is 20.3 Å². The molecule has 1 aromatic rings. The van der Waals surface area contributed by atoms with E-state index in [-0.39, 0.29) is 12.4 Å². The number of rotatable bonds is 5. The molecule has 0 aliphatic carbocycles. The highest BCUT2D eigenvalue weighted by Crippen LogP contribution is 2.15. The van der Waals surface area contributed by atoms with E-state index in [1.165, 1.54) is 24.9 Å². The van der Waals surface area contributed by atoms with Gasteiger partial charge < -0.3 is 15.3 Å². The number of aryl methyl sites for hydroxylation is 1. The Kier molecular flexibility index (Phi) is 5.49. The lowest BCUT2D eigenvalue weighted by Crippen LogP contribution is -2.36. The molecule has 6 heteroatoms. The highest BCUT2D eigenvalue weighted by Gasteiger charge is 2.17. The molecule has 0 heterocycles. The zero-order valence-electron chi connectivity index (χ0n) is 11.8. The molecule has 0 bridgehead atoms. The van der Waals surface area contributed by atoms with Crippen LogP contribution in [0.4, 0.5) is 14.9 Å². The van der Waals surface area contributed by atoms with Gasteiger partial charge in [-0.05, 0) is 24.1 Å². The number of aliphatic carboxylic acids is 1. The molecule has 1 unspecified atom stereocenters. The van der Waals surface area contributed by atoms with Crippen LogP contribution in [0.2, 0.25) is 0 Å². The van der Waals surface area contributed by atoms with Crippen LogP contribution in [0.3, 0.4) is 0 Å². The van der Waals surface area contributed by atoms with Gasteiger partial charge in [-0.3, -0.25) is 4.79 Å². The van der Waals surface area contributed by atoms with Crippen molar-refractivity contribution in [1.29, 1.82) is 0 Å². The van der Waals surface area contributed by atoms with Gasteiger partial charge in [0.05, 0.1) is 5.92 Å². The number of benzene rings is 1. The van der Waals surface area contributed by atoms with Crippen molar-refractivity contribution < 1.29 is 19.1 Å². The number of nitrogens with one attached hydrogen (secondary N) is 1. The molecular weight excluding hydrogens is 263 g/mol. The fourth-order valence-corrected chi connectivity index (χ4v) is 1.70. The summed E-state index contributed by atoms with van der Waals surface area (Å²) in [5.74, 6) is -2.00. The smallest absolute Gasteiger partial charge is 0.321 e. The average molecular weight is 282 g/mol. The van der Waals surface area contributed by atoms with E-state index < -0.39 is 17.9 Å². The van der Waals surface area contributed by atoms with Crippen LogP contribution in [0.1, 0.15) is 19.4 Å². The number of carboxylic acid groups (broad SMARTS) is 1. The lowest BCUT2D eigenvalue weighted by Gasteiger charge is -2.20. The summed E-state index contributed by atoms with van der Waals surface area (Å²) in [6.07, 6.45) is 0.579. The Labute approximate surface area is 117 Å². The van der Waals surface area contributed by atoms with E-state index in [9.17, 15) is 14.0 Å². The Bertz CT molecular complexity index is 505. The number of hydrogen-bond acceptors (Lipinski definition) is 2. The van der Waals surface area contributed by atoms with Gasteiger partial charge in [-0.1, -0.05) is 19.9 Å². The number of anilines is 1. The maximum Gasteiger partial charge on any atom is 0.321 e. The first kappa shape index (κ1) is 15.9. The first-order chi connectivity index (χ1) is 9.35. The van der Waals surface area contributed by atoms with Crippen molar-refractivity contribution in [3.8, 4) is 0 Å². The molecule has 0 saturated heterocycles. The van der Waals surface area contributed by atoms with E-state index in [4.69, 9.17) is 5.11 Å². The Morgan fingerprint density at radius 3 is 2.60 bits per heavy atom. The van der Waals surface area contributed by atoms with Gasteiger partial charge in [0.1, 0.15) is 5.82 Å². The monoisotopic (exact) mass is 282 g/mol. The summed E-state index contributed by atoms with van der Waals surface area (Å²) < 4.78 is 13.6. The highest BCUT2D eigenvalue weighted by atomic mass is 19.1. The summed E-state index contributed by atoms with van der Waals surface area (Å²) in [6, 6.07) is 4.02. The minimum atomic E-state index is -0.969. The summed E-state index contributed by atoms with van der Waals surface area (Å²) >= 11 is 0. The number of carbonyl (C=O) groups is 2. The molecule has 0 fully saturated rings. The molecule has 0 radical (unpaired) electrons. The van der Waals surface area contributed by atoms with Crippen LogP contribution in [0.25, 0.3) is 0 Å². The maximum absolute atomic E-state index is 13.6. The molecule has 1 aromatic carbocycles. The second-order valence-electron chi connectivity index (χ2n) is 4.71. The minimum absolute atomic E-state index is 0.0801. The number of amides is 2. The number of hydrogen-bond donors (Lipinski definition) is 2. The van der Waals surface area contributed by atoms with Crippen LogP contribution in [0, 0.1) is 11.7 Å². The van der Waals surface area contributed by atoms with Crippen molar-refractivity contribution in [3.05, 3.63) is 29.6 Å². The van der Waals surface area contributed by atoms with E-state index in [1.807, 2.05) is 6.92 Å². The third-order valence-corrected chi connectivity index (χ3v) is 3.00. The molecule has 0 aliphatic rings. The molecule has 0 saturated carbocycles. The first-order valence-corrected chi connectivity index (χ1v) is 6.38. The van der Waals surface area contributed by atoms with Crippen LogP contribution in [-0.2, 0) is 11.2 Å². The van der Waals surface area contributed by atoms with Crippen LogP contribution < -0.4 is 5.32 Å². The van der Waals surface area contributed by atoms with Gasteiger partial charge in [0, 0.05) is 19.3 Å². The van der Waals surface area contributed by atoms with Crippen LogP contribution in [0.15, 0.2) is 18.2 Å². The predicted molar refractivity (Wildman–Crippen MR) is 74.2 cm³/mol. The Hall–Kier alpha value is -2.11. The van der Waals surface area contributed by atoms with E-state index in [1.54, 1.807) is 12.1 Å². The zero-order chi connectivity index (χ0) is 15.3. The third kappa shape index (κ3) is 4.22. The molecule has 5 nitrogen and oxygen atoms in total. The van der Waals surface area contributed by atoms with E-state index in [0.717, 1.165) is 0 Å². The summed E-state index contributed by atoms with van der Waals surface area (Å²) in [6.45, 7) is 3.44. The molecule has 0 spiro atoms. The van der Waals surface area contributed by atoms with Crippen molar-refractivity contribution in [2.24, 2.45) is 5.92 Å². The summed E-state index contributed by atoms with van der Waals surface area (Å²) in [5.41, 5.74) is 0.926. The van der Waals surface area contributed by atoms with Crippen molar-refractivity contribution in [3.63, 3.8) is 0 Å². The molecule has 20 heavy (non-hydrogen) atoms. The molecule has 110 valence electrons. The SMILES string of the molecule is CCc1ccc(NC(=O)N(C)CC(C)C(=O)O)cc1F. The summed E-state index contributed by atoms with van der Waals surface area (Å²) in [5, 5.41) is 11.3. The normalized spacial score (nSPS) is 11.8. The zero-order valence-corrected chi connectivity index (χ0v) is 11.8. The van der Waals surface area contributed by atoms with Gasteiger partial charge in [-0.25, -0.2) is 9.18 Å². The van der Waals surface area contributed by atoms with Crippen molar-refractivity contribution in [2.75, 3.05) is 18.9 Å². The average Bonchev–Trinajstić information content (AvgIpc) is 2.38. The van der Waals surface area contributed by atoms with Crippen LogP contribution >= 0.6 is 0 Å². The number of carbonyl (C=O) groups excluding carboxylic acids is 1. The summed E-state index contributed by atoms with van der Waals surface area (Å²) in [4.78, 5) is 23.8. The van der Waals surface area contributed by atoms with E-state index in [0.29, 0.717) is 17.7 Å². The quantitative estimate of drug-likeness (QED) is 0.872. The molecule has 2 amide bonds. The third-order valence-electron chi connectivity index (χ3n) is 3.00. The predicted octanol–water partition coefficient (Wildman–Crippen LogP) is 2.57. The molecule has 0 aliphatic heterocycles. The van der Waals surface area contributed by atoms with Gasteiger partial charge in [0.25, 0.3) is 0 Å². The molecule has 1 rings (SSSR count). The van der Waals surface area contributed by atoms with E-state index >= 15 is 0 Å². The number of nitrogens with zero attached hydrogens (tertiary/aromatic N) is 1. The number of halogens is 1. The minimum Gasteiger partial charge on any atom is -0.481 e. The van der Waals surface area contributed by atoms with Gasteiger partial charge in [-0.15, -0.1) is 0 Å². The molecular formula is C14H19FN2O3. The number of carboxylic acids is 1. The van der Waals surface area contributed by atoms with Crippen LogP contribution in [-0.4, -0.2) is 35.6 Å². The lowest BCUT2D eigenvalue weighted by molar-refractivity contribution is -0.141. The Balaban J connectivity index is 2.66. The standard InChI is InChI=1S/C14H19FN2O3/c1-4-10-5-6-11(7-12(10)15)16-14(20)17(3)8-9(2)13(18)19/h5-7,9H,4,8H2,1-3H3,(H,16,20)(H,18,19). The van der Waals surface area contributed by atoms with Crippen molar-refractivity contribution in [1.82, 2.24) is 4.90 Å². The molecule has 0 aromatic heterocycles.